The molecule has 1 aromatic carbocycles. The molecular formula is C20H18F4N6O. The van der Waals surface area contributed by atoms with E-state index in [1.54, 1.807) is 29.2 Å². The molecule has 1 atom stereocenters. The lowest BCUT2D eigenvalue weighted by Gasteiger charge is -2.33. The van der Waals surface area contributed by atoms with Gasteiger partial charge >= 0.3 is 6.18 Å². The van der Waals surface area contributed by atoms with E-state index in [2.05, 4.69) is 20.4 Å². The Kier molecular flexibility index (Phi) is 5.57. The average molecular weight is 434 g/mol. The second kappa shape index (κ2) is 8.32. The zero-order valence-corrected chi connectivity index (χ0v) is 16.2. The maximum atomic E-state index is 13.5. The van der Waals surface area contributed by atoms with Gasteiger partial charge in [-0.3, -0.25) is 4.79 Å². The van der Waals surface area contributed by atoms with Crippen LogP contribution in [0, 0.1) is 11.7 Å². The molecule has 1 aliphatic rings. The minimum Gasteiger partial charge on any atom is -0.356 e. The maximum absolute atomic E-state index is 13.5. The largest absolute Gasteiger partial charge is 0.419 e. The number of anilines is 2. The Bertz CT molecular complexity index is 1070. The van der Waals surface area contributed by atoms with Crippen molar-refractivity contribution in [1.82, 2.24) is 19.7 Å². The number of alkyl halides is 3. The average Bonchev–Trinajstić information content (AvgIpc) is 3.29. The van der Waals surface area contributed by atoms with Crippen LogP contribution in [0.3, 0.4) is 0 Å². The number of rotatable bonds is 4. The molecular weight excluding hydrogens is 416 g/mol. The van der Waals surface area contributed by atoms with Crippen LogP contribution in [0.25, 0.3) is 5.82 Å². The summed E-state index contributed by atoms with van der Waals surface area (Å²) in [7, 11) is 0. The SMILES string of the molecule is O=C(Nc1ccc(F)c(C(F)(F)F)c1)[C@H]1CCCN(c2cc(-n3cccn3)ncn2)C1. The molecule has 1 aliphatic heterocycles. The molecule has 3 heterocycles. The van der Waals surface area contributed by atoms with Crippen molar-refractivity contribution in [3.8, 4) is 5.82 Å². The predicted molar refractivity (Wildman–Crippen MR) is 104 cm³/mol. The molecule has 1 amide bonds. The molecule has 1 saturated heterocycles. The molecule has 7 nitrogen and oxygen atoms in total. The Balaban J connectivity index is 1.47. The monoisotopic (exact) mass is 434 g/mol. The highest BCUT2D eigenvalue weighted by Crippen LogP contribution is 2.33. The zero-order chi connectivity index (χ0) is 22.0. The van der Waals surface area contributed by atoms with E-state index in [4.69, 9.17) is 0 Å². The van der Waals surface area contributed by atoms with Gasteiger partial charge in [0.1, 0.15) is 18.0 Å². The smallest absolute Gasteiger partial charge is 0.356 e. The fourth-order valence-corrected chi connectivity index (χ4v) is 3.50. The van der Waals surface area contributed by atoms with Gasteiger partial charge in [-0.2, -0.15) is 18.3 Å². The Hall–Kier alpha value is -3.50. The number of nitrogens with zero attached hydrogens (tertiary/aromatic N) is 5. The van der Waals surface area contributed by atoms with Gasteiger partial charge in [0.25, 0.3) is 0 Å². The third kappa shape index (κ3) is 4.65. The quantitative estimate of drug-likeness (QED) is 0.634. The summed E-state index contributed by atoms with van der Waals surface area (Å²) in [6, 6.07) is 5.94. The van der Waals surface area contributed by atoms with Crippen molar-refractivity contribution in [2.45, 2.75) is 19.0 Å². The molecule has 3 aromatic rings. The van der Waals surface area contributed by atoms with Crippen molar-refractivity contribution in [2.75, 3.05) is 23.3 Å². The van der Waals surface area contributed by atoms with Crippen molar-refractivity contribution in [2.24, 2.45) is 5.92 Å². The number of hydrogen-bond donors (Lipinski definition) is 1. The Labute approximate surface area is 174 Å². The summed E-state index contributed by atoms with van der Waals surface area (Å²) in [6.07, 6.45) is 1.22. The highest BCUT2D eigenvalue weighted by molar-refractivity contribution is 5.93. The van der Waals surface area contributed by atoms with Crippen LogP contribution < -0.4 is 10.2 Å². The number of hydrogen-bond acceptors (Lipinski definition) is 5. The van der Waals surface area contributed by atoms with Crippen molar-refractivity contribution >= 4 is 17.4 Å². The second-order valence-electron chi connectivity index (χ2n) is 7.15. The van der Waals surface area contributed by atoms with Crippen LogP contribution in [0.5, 0.6) is 0 Å². The van der Waals surface area contributed by atoms with Gasteiger partial charge in [0.15, 0.2) is 5.82 Å². The summed E-state index contributed by atoms with van der Waals surface area (Å²) in [6.45, 7) is 1.02. The first-order valence-corrected chi connectivity index (χ1v) is 9.56. The highest BCUT2D eigenvalue weighted by atomic mass is 19.4. The van der Waals surface area contributed by atoms with Gasteiger partial charge in [-0.15, -0.1) is 0 Å². The lowest BCUT2D eigenvalue weighted by atomic mass is 9.97. The van der Waals surface area contributed by atoms with Crippen molar-refractivity contribution < 1.29 is 22.4 Å². The summed E-state index contributed by atoms with van der Waals surface area (Å²) in [4.78, 5) is 23.1. The number of benzene rings is 1. The Morgan fingerprint density at radius 1 is 1.16 bits per heavy atom. The fourth-order valence-electron chi connectivity index (χ4n) is 3.50. The van der Waals surface area contributed by atoms with Crippen molar-refractivity contribution in [3.05, 3.63) is 60.4 Å². The van der Waals surface area contributed by atoms with Gasteiger partial charge in [-0.25, -0.2) is 19.0 Å². The molecule has 0 spiro atoms. The van der Waals surface area contributed by atoms with E-state index in [-0.39, 0.29) is 5.69 Å². The molecule has 0 aliphatic carbocycles. The van der Waals surface area contributed by atoms with Crippen LogP contribution in [0.15, 0.2) is 49.1 Å². The number of halogens is 4. The number of carbonyl (C=O) groups excluding carboxylic acids is 1. The van der Waals surface area contributed by atoms with Crippen LogP contribution >= 0.6 is 0 Å². The minimum absolute atomic E-state index is 0.0983. The Morgan fingerprint density at radius 3 is 2.71 bits per heavy atom. The molecule has 0 saturated carbocycles. The van der Waals surface area contributed by atoms with E-state index in [9.17, 15) is 22.4 Å². The van der Waals surface area contributed by atoms with E-state index in [0.717, 1.165) is 6.07 Å². The third-order valence-corrected chi connectivity index (χ3v) is 5.03. The standard InChI is InChI=1S/C20H18F4N6O/c21-16-5-4-14(9-15(16)20(22,23)24)28-19(31)13-3-1-7-29(11-13)17-10-18(26-12-25-17)30-8-2-6-27-30/h2,4-6,8-10,12-13H,1,3,7,11H2,(H,28,31)/t13-/m0/s1. The van der Waals surface area contributed by atoms with Crippen LogP contribution in [-0.4, -0.2) is 38.7 Å². The van der Waals surface area contributed by atoms with Crippen LogP contribution in [0.4, 0.5) is 29.1 Å². The maximum Gasteiger partial charge on any atom is 0.419 e. The normalized spacial score (nSPS) is 16.9. The summed E-state index contributed by atoms with van der Waals surface area (Å²) in [5.74, 6) is -1.07. The topological polar surface area (TPSA) is 75.9 Å². The van der Waals surface area contributed by atoms with Gasteiger partial charge < -0.3 is 10.2 Å². The number of amides is 1. The molecule has 1 fully saturated rings. The van der Waals surface area contributed by atoms with Gasteiger partial charge in [0, 0.05) is 37.2 Å². The fraction of sp³-hybridized carbons (Fsp3) is 0.300. The molecule has 11 heteroatoms. The number of aromatic nitrogens is 4. The molecule has 162 valence electrons. The third-order valence-electron chi connectivity index (χ3n) is 5.03. The first kappa shape index (κ1) is 20.8. The number of nitrogens with one attached hydrogen (secondary N) is 1. The minimum atomic E-state index is -4.84. The highest BCUT2D eigenvalue weighted by Gasteiger charge is 2.34. The molecule has 0 bridgehead atoms. The molecule has 0 unspecified atom stereocenters. The molecule has 0 radical (unpaired) electrons. The summed E-state index contributed by atoms with van der Waals surface area (Å²) >= 11 is 0. The van der Waals surface area contributed by atoms with Gasteiger partial charge in [0.2, 0.25) is 5.91 Å². The van der Waals surface area contributed by atoms with Gasteiger partial charge in [0.05, 0.1) is 11.5 Å². The molecule has 2 aromatic heterocycles. The molecule has 31 heavy (non-hydrogen) atoms. The van der Waals surface area contributed by atoms with Crippen LogP contribution in [0.1, 0.15) is 18.4 Å². The second-order valence-corrected chi connectivity index (χ2v) is 7.15. The summed E-state index contributed by atoms with van der Waals surface area (Å²) < 4.78 is 53.8. The zero-order valence-electron chi connectivity index (χ0n) is 16.2. The van der Waals surface area contributed by atoms with Gasteiger partial charge in [-0.05, 0) is 37.1 Å². The van der Waals surface area contributed by atoms with Crippen molar-refractivity contribution in [3.63, 3.8) is 0 Å². The lowest BCUT2D eigenvalue weighted by molar-refractivity contribution is -0.140. The molecule has 4 rings (SSSR count). The van der Waals surface area contributed by atoms with E-state index in [0.29, 0.717) is 49.7 Å². The summed E-state index contributed by atoms with van der Waals surface area (Å²) in [5.41, 5.74) is -1.51. The first-order valence-electron chi connectivity index (χ1n) is 9.56. The number of piperidine rings is 1. The summed E-state index contributed by atoms with van der Waals surface area (Å²) in [5, 5.41) is 6.61. The van der Waals surface area contributed by atoms with E-state index >= 15 is 0 Å². The Morgan fingerprint density at radius 2 is 1.97 bits per heavy atom. The van der Waals surface area contributed by atoms with E-state index in [1.165, 1.54) is 6.33 Å². The van der Waals surface area contributed by atoms with Crippen LogP contribution in [-0.2, 0) is 11.0 Å². The predicted octanol–water partition coefficient (Wildman–Crippen LogP) is 3.68. The number of carbonyl (C=O) groups is 1. The first-order chi connectivity index (χ1) is 14.8. The van der Waals surface area contributed by atoms with Gasteiger partial charge in [-0.1, -0.05) is 0 Å². The van der Waals surface area contributed by atoms with E-state index < -0.39 is 29.4 Å². The van der Waals surface area contributed by atoms with Crippen LogP contribution in [0.2, 0.25) is 0 Å². The lowest BCUT2D eigenvalue weighted by Crippen LogP contribution is -2.41. The van der Waals surface area contributed by atoms with Crippen molar-refractivity contribution in [1.29, 1.82) is 0 Å². The molecule has 1 N–H and O–H groups in total. The van der Waals surface area contributed by atoms with E-state index in [1.807, 2.05) is 4.90 Å².